The first-order chi connectivity index (χ1) is 27.4. The van der Waals surface area contributed by atoms with E-state index in [0.29, 0.717) is 17.5 Å². The minimum Gasteiger partial charge on any atom is -0.459 e. The van der Waals surface area contributed by atoms with Gasteiger partial charge in [0, 0.05) is 17.0 Å². The number of azide groups is 1. The molecule has 4 aromatic rings. The van der Waals surface area contributed by atoms with Crippen molar-refractivity contribution >= 4 is 18.2 Å². The molecule has 0 saturated carbocycles. The number of ether oxygens (including phenoxy) is 7. The Kier molecular flexibility index (Phi) is 14.4. The van der Waals surface area contributed by atoms with Gasteiger partial charge >= 0.3 is 11.9 Å². The van der Waals surface area contributed by atoms with Crippen LogP contribution in [-0.4, -0.2) is 79.8 Å². The van der Waals surface area contributed by atoms with E-state index in [1.54, 1.807) is 54.6 Å². The van der Waals surface area contributed by atoms with E-state index in [4.69, 9.17) is 38.6 Å². The van der Waals surface area contributed by atoms with Crippen LogP contribution in [0, 0.1) is 11.3 Å². The van der Waals surface area contributed by atoms with Crippen LogP contribution in [0.5, 0.6) is 0 Å². The molecule has 2 aliphatic rings. The van der Waals surface area contributed by atoms with Crippen LogP contribution in [0.25, 0.3) is 10.4 Å². The average Bonchev–Trinajstić information content (AvgIpc) is 3.24. The lowest BCUT2D eigenvalue weighted by Gasteiger charge is -2.49. The van der Waals surface area contributed by atoms with Crippen molar-refractivity contribution in [1.82, 2.24) is 0 Å². The molecule has 13 heteroatoms. The summed E-state index contributed by atoms with van der Waals surface area (Å²) in [6.45, 7) is 3.95. The predicted octanol–water partition coefficient (Wildman–Crippen LogP) is 7.49. The summed E-state index contributed by atoms with van der Waals surface area (Å²) < 4.78 is 44.7. The van der Waals surface area contributed by atoms with Crippen molar-refractivity contribution in [1.29, 1.82) is 5.41 Å². The van der Waals surface area contributed by atoms with Gasteiger partial charge in [0.25, 0.3) is 0 Å². The molecule has 0 bridgehead atoms. The molecule has 10 atom stereocenters. The Morgan fingerprint density at radius 3 is 1.80 bits per heavy atom. The topological polar surface area (TPSA) is 171 Å². The Labute approximate surface area is 325 Å². The molecule has 0 spiro atoms. The largest absolute Gasteiger partial charge is 0.459 e. The average molecular weight is 763 g/mol. The lowest BCUT2D eigenvalue weighted by atomic mass is 9.88. The SMILES string of the molecule is CC[C@@H]1OC(C=N)C(OC(=O)c2ccccc2)C(OCc2ccccc2)[C@@H]1OC1OC(COC(=O)c2ccccc2)C(C)[C@H](OCc2ccccc2)[C@H]1N=[N+]=[N-]. The van der Waals surface area contributed by atoms with Gasteiger partial charge in [-0.15, -0.1) is 0 Å². The maximum Gasteiger partial charge on any atom is 0.338 e. The highest BCUT2D eigenvalue weighted by atomic mass is 16.7. The third kappa shape index (κ3) is 10.1. The molecular formula is C43H46N4O9. The fourth-order valence-electron chi connectivity index (χ4n) is 6.95. The monoisotopic (exact) mass is 762 g/mol. The molecule has 13 nitrogen and oxygen atoms in total. The van der Waals surface area contributed by atoms with Crippen LogP contribution >= 0.6 is 0 Å². The summed E-state index contributed by atoms with van der Waals surface area (Å²) in [6.07, 6.45) is -5.98. The first kappa shape index (κ1) is 40.3. The molecule has 4 aromatic carbocycles. The molecule has 2 aliphatic heterocycles. The third-order valence-electron chi connectivity index (χ3n) is 9.95. The quantitative estimate of drug-likeness (QED) is 0.0399. The molecule has 56 heavy (non-hydrogen) atoms. The van der Waals surface area contributed by atoms with Crippen LogP contribution in [-0.2, 0) is 46.4 Å². The number of carbonyl (C=O) groups excluding carboxylic acids is 2. The molecule has 1 N–H and O–H groups in total. The highest BCUT2D eigenvalue weighted by Crippen LogP contribution is 2.37. The number of nitrogens with one attached hydrogen (secondary N) is 1. The van der Waals surface area contributed by atoms with Gasteiger partial charge in [0.2, 0.25) is 0 Å². The van der Waals surface area contributed by atoms with E-state index in [-0.39, 0.29) is 19.8 Å². The van der Waals surface area contributed by atoms with E-state index in [0.717, 1.165) is 17.3 Å². The maximum absolute atomic E-state index is 13.5. The lowest BCUT2D eigenvalue weighted by molar-refractivity contribution is -0.315. The van der Waals surface area contributed by atoms with E-state index in [9.17, 15) is 15.1 Å². The Hall–Kier alpha value is -5.40. The van der Waals surface area contributed by atoms with Gasteiger partial charge < -0.3 is 38.6 Å². The van der Waals surface area contributed by atoms with Gasteiger partial charge in [-0.3, -0.25) is 0 Å². The van der Waals surface area contributed by atoms with Crippen LogP contribution < -0.4 is 0 Å². The normalized spacial score (nSPS) is 27.3. The molecule has 2 fully saturated rings. The molecule has 6 unspecified atom stereocenters. The van der Waals surface area contributed by atoms with Crippen LogP contribution in [0.4, 0.5) is 0 Å². The van der Waals surface area contributed by atoms with Gasteiger partial charge in [-0.05, 0) is 47.3 Å². The van der Waals surface area contributed by atoms with Crippen molar-refractivity contribution in [2.45, 2.75) is 88.5 Å². The molecule has 292 valence electrons. The standard InChI is InChI=1S/C43H46N4O9/c1-3-33-38(40(51-26-30-18-10-5-11-19-30)39(34(24-44)53-33)55-42(49)32-22-14-7-15-23-32)56-43-36(46-47-45)37(50-25-29-16-8-4-9-17-29)28(2)35(54-43)27-52-41(48)31-20-12-6-13-21-31/h4-24,28,33-40,43-44H,3,25-27H2,1-2H3/t28?,33-,34?,35?,36+,37-,38+,39?,40?,43?/m0/s1. The van der Waals surface area contributed by atoms with Gasteiger partial charge in [0.05, 0.1) is 42.7 Å². The van der Waals surface area contributed by atoms with Crippen LogP contribution in [0.3, 0.4) is 0 Å². The third-order valence-corrected chi connectivity index (χ3v) is 9.95. The summed E-state index contributed by atoms with van der Waals surface area (Å²) in [4.78, 5) is 29.8. The molecule has 0 radical (unpaired) electrons. The molecule has 6 rings (SSSR count). The van der Waals surface area contributed by atoms with Crippen molar-refractivity contribution in [2.24, 2.45) is 11.0 Å². The number of esters is 2. The van der Waals surface area contributed by atoms with E-state index in [1.165, 1.54) is 0 Å². The van der Waals surface area contributed by atoms with Gasteiger partial charge in [-0.1, -0.05) is 116 Å². The van der Waals surface area contributed by atoms with Crippen LogP contribution in [0.15, 0.2) is 126 Å². The predicted molar refractivity (Wildman–Crippen MR) is 206 cm³/mol. The fraction of sp³-hybridized carbons (Fsp3) is 0.372. The molecule has 2 heterocycles. The number of carbonyl (C=O) groups is 2. The molecule has 2 saturated heterocycles. The van der Waals surface area contributed by atoms with E-state index in [2.05, 4.69) is 10.0 Å². The van der Waals surface area contributed by atoms with Crippen LogP contribution in [0.1, 0.15) is 52.1 Å². The maximum atomic E-state index is 13.5. The Morgan fingerprint density at radius 1 is 0.732 bits per heavy atom. The zero-order chi connectivity index (χ0) is 39.3. The Balaban J connectivity index is 1.33. The van der Waals surface area contributed by atoms with Gasteiger partial charge in [0.1, 0.15) is 31.0 Å². The van der Waals surface area contributed by atoms with Crippen molar-refractivity contribution in [3.8, 4) is 0 Å². The fourth-order valence-corrected chi connectivity index (χ4v) is 6.95. The number of hydrogen-bond acceptors (Lipinski definition) is 11. The summed E-state index contributed by atoms with van der Waals surface area (Å²) in [5, 5.41) is 12.4. The second-order valence-electron chi connectivity index (χ2n) is 13.6. The van der Waals surface area contributed by atoms with Crippen molar-refractivity contribution < 1.29 is 42.7 Å². The summed E-state index contributed by atoms with van der Waals surface area (Å²) in [5.74, 6) is -1.59. The van der Waals surface area contributed by atoms with E-state index in [1.807, 2.05) is 80.6 Å². The highest BCUT2D eigenvalue weighted by molar-refractivity contribution is 5.90. The van der Waals surface area contributed by atoms with E-state index < -0.39 is 72.9 Å². The first-order valence-electron chi connectivity index (χ1n) is 18.7. The van der Waals surface area contributed by atoms with Crippen molar-refractivity contribution in [2.75, 3.05) is 6.61 Å². The molecular weight excluding hydrogens is 716 g/mol. The second kappa shape index (κ2) is 20.0. The minimum absolute atomic E-state index is 0.120. The van der Waals surface area contributed by atoms with Crippen molar-refractivity contribution in [3.63, 3.8) is 0 Å². The van der Waals surface area contributed by atoms with Crippen molar-refractivity contribution in [3.05, 3.63) is 154 Å². The molecule has 0 aromatic heterocycles. The van der Waals surface area contributed by atoms with Crippen LogP contribution in [0.2, 0.25) is 0 Å². The summed E-state index contributed by atoms with van der Waals surface area (Å²) in [5.41, 5.74) is 12.3. The summed E-state index contributed by atoms with van der Waals surface area (Å²) in [7, 11) is 0. The van der Waals surface area contributed by atoms with Gasteiger partial charge in [0.15, 0.2) is 12.4 Å². The number of hydrogen-bond donors (Lipinski definition) is 1. The number of rotatable bonds is 16. The lowest BCUT2D eigenvalue weighted by Crippen LogP contribution is -2.64. The minimum atomic E-state index is -1.25. The van der Waals surface area contributed by atoms with Gasteiger partial charge in [-0.25, -0.2) is 9.59 Å². The van der Waals surface area contributed by atoms with Gasteiger partial charge in [-0.2, -0.15) is 0 Å². The smallest absolute Gasteiger partial charge is 0.338 e. The number of benzene rings is 4. The summed E-state index contributed by atoms with van der Waals surface area (Å²) >= 11 is 0. The molecule has 0 aliphatic carbocycles. The highest BCUT2D eigenvalue weighted by Gasteiger charge is 2.52. The second-order valence-corrected chi connectivity index (χ2v) is 13.6. The Morgan fingerprint density at radius 2 is 1.27 bits per heavy atom. The number of nitrogens with zero attached hydrogens (tertiary/aromatic N) is 3. The zero-order valence-electron chi connectivity index (χ0n) is 31.2. The first-order valence-corrected chi connectivity index (χ1v) is 18.7. The zero-order valence-corrected chi connectivity index (χ0v) is 31.2. The summed E-state index contributed by atoms with van der Waals surface area (Å²) in [6, 6.07) is 35.2. The molecule has 0 amide bonds. The Bertz CT molecular complexity index is 1900. The van der Waals surface area contributed by atoms with E-state index >= 15 is 0 Å².